The van der Waals surface area contributed by atoms with E-state index in [1.165, 1.54) is 32.1 Å². The fraction of sp³-hybridized carbons (Fsp3) is 0.700. The Bertz CT molecular complexity index is 560. The normalized spacial score (nSPS) is 35.0. The van der Waals surface area contributed by atoms with Gasteiger partial charge >= 0.3 is 0 Å². The lowest BCUT2D eigenvalue weighted by Gasteiger charge is -2.54. The van der Waals surface area contributed by atoms with Gasteiger partial charge in [0.2, 0.25) is 0 Å². The van der Waals surface area contributed by atoms with Gasteiger partial charge in [-0.15, -0.1) is 0 Å². The maximum Gasteiger partial charge on any atom is 0.124 e. The molecule has 4 saturated carbocycles. The van der Waals surface area contributed by atoms with Crippen LogP contribution in [0, 0.1) is 23.7 Å². The molecular weight excluding hydrogens is 302 g/mol. The molecule has 0 radical (unpaired) electrons. The largest absolute Gasteiger partial charge is 0.497 e. The van der Waals surface area contributed by atoms with E-state index >= 15 is 0 Å². The van der Waals surface area contributed by atoms with E-state index in [0.717, 1.165) is 40.7 Å². The molecule has 0 spiro atoms. The summed E-state index contributed by atoms with van der Waals surface area (Å²) in [5, 5.41) is 14.4. The summed E-state index contributed by atoms with van der Waals surface area (Å²) in [4.78, 5) is 0. The molecule has 1 atom stereocenters. The van der Waals surface area contributed by atoms with Crippen molar-refractivity contribution in [3.63, 3.8) is 0 Å². The van der Waals surface area contributed by atoms with Crippen LogP contribution in [0.25, 0.3) is 0 Å². The maximum atomic E-state index is 10.7. The molecule has 0 amide bonds. The third-order valence-corrected chi connectivity index (χ3v) is 6.57. The van der Waals surface area contributed by atoms with Gasteiger partial charge in [0, 0.05) is 18.2 Å². The summed E-state index contributed by atoms with van der Waals surface area (Å²) in [6.45, 7) is 0.580. The van der Waals surface area contributed by atoms with E-state index < -0.39 is 6.10 Å². The highest BCUT2D eigenvalue weighted by Crippen LogP contribution is 2.53. The number of hydrogen-bond donors (Lipinski definition) is 2. The first kappa shape index (κ1) is 16.2. The summed E-state index contributed by atoms with van der Waals surface area (Å²) in [6.07, 6.45) is 6.47. The minimum atomic E-state index is -0.577. The van der Waals surface area contributed by atoms with Crippen LogP contribution in [-0.4, -0.2) is 31.9 Å². The van der Waals surface area contributed by atoms with E-state index in [4.69, 9.17) is 9.47 Å². The van der Waals surface area contributed by atoms with Gasteiger partial charge in [-0.3, -0.25) is 0 Å². The molecule has 4 aliphatic carbocycles. The fourth-order valence-electron chi connectivity index (χ4n) is 5.72. The quantitative estimate of drug-likeness (QED) is 0.841. The first-order valence-corrected chi connectivity index (χ1v) is 9.31. The number of aliphatic hydroxyl groups is 1. The lowest BCUT2D eigenvalue weighted by Crippen LogP contribution is -2.55. The average molecular weight is 331 g/mol. The van der Waals surface area contributed by atoms with Gasteiger partial charge in [0.25, 0.3) is 0 Å². The average Bonchev–Trinajstić information content (AvgIpc) is 2.59. The molecular formula is C20H29NO3. The molecule has 5 rings (SSSR count). The van der Waals surface area contributed by atoms with Gasteiger partial charge in [-0.25, -0.2) is 0 Å². The standard InChI is InChI=1S/C20H29NO3/c1-23-16-3-4-19(24-2)17(10-16)18(22)11-21-20-14-6-12-5-13(8-14)9-15(20)7-12/h3-4,10,12-15,18,20-22H,5-9,11H2,1-2H3. The zero-order chi connectivity index (χ0) is 16.7. The molecule has 132 valence electrons. The van der Waals surface area contributed by atoms with Crippen molar-refractivity contribution in [1.29, 1.82) is 0 Å². The number of benzene rings is 1. The van der Waals surface area contributed by atoms with Gasteiger partial charge in [-0.05, 0) is 74.0 Å². The summed E-state index contributed by atoms with van der Waals surface area (Å²) in [5.74, 6) is 5.07. The van der Waals surface area contributed by atoms with Crippen LogP contribution in [0.2, 0.25) is 0 Å². The second-order valence-electron chi connectivity index (χ2n) is 7.99. The van der Waals surface area contributed by atoms with Crippen LogP contribution >= 0.6 is 0 Å². The van der Waals surface area contributed by atoms with Gasteiger partial charge in [0.1, 0.15) is 11.5 Å². The Labute approximate surface area is 144 Å². The summed E-state index contributed by atoms with van der Waals surface area (Å²) >= 11 is 0. The molecule has 4 aliphatic rings. The molecule has 1 aromatic carbocycles. The van der Waals surface area contributed by atoms with Crippen LogP contribution in [0.1, 0.15) is 43.8 Å². The van der Waals surface area contributed by atoms with E-state index in [0.29, 0.717) is 12.6 Å². The molecule has 1 unspecified atom stereocenters. The van der Waals surface area contributed by atoms with E-state index in [1.54, 1.807) is 14.2 Å². The molecule has 0 saturated heterocycles. The van der Waals surface area contributed by atoms with Crippen LogP contribution in [0.4, 0.5) is 0 Å². The van der Waals surface area contributed by atoms with Crippen molar-refractivity contribution in [3.05, 3.63) is 23.8 Å². The van der Waals surface area contributed by atoms with Crippen molar-refractivity contribution in [1.82, 2.24) is 5.32 Å². The van der Waals surface area contributed by atoms with Crippen LogP contribution in [0.5, 0.6) is 11.5 Å². The van der Waals surface area contributed by atoms with Gasteiger partial charge in [0.05, 0.1) is 20.3 Å². The molecule has 2 N–H and O–H groups in total. The Morgan fingerprint density at radius 2 is 1.71 bits per heavy atom. The van der Waals surface area contributed by atoms with Crippen molar-refractivity contribution in [2.75, 3.05) is 20.8 Å². The third-order valence-electron chi connectivity index (χ3n) is 6.57. The van der Waals surface area contributed by atoms with Crippen molar-refractivity contribution < 1.29 is 14.6 Å². The van der Waals surface area contributed by atoms with Crippen molar-refractivity contribution in [2.45, 2.75) is 44.2 Å². The molecule has 4 fully saturated rings. The number of aliphatic hydroxyl groups excluding tert-OH is 1. The second-order valence-corrected chi connectivity index (χ2v) is 7.99. The van der Waals surface area contributed by atoms with E-state index in [1.807, 2.05) is 18.2 Å². The molecule has 1 aromatic rings. The Morgan fingerprint density at radius 1 is 1.04 bits per heavy atom. The minimum absolute atomic E-state index is 0.577. The number of ether oxygens (including phenoxy) is 2. The Balaban J connectivity index is 1.42. The monoisotopic (exact) mass is 331 g/mol. The van der Waals surface area contributed by atoms with Gasteiger partial charge < -0.3 is 19.9 Å². The number of methoxy groups -OCH3 is 2. The second kappa shape index (κ2) is 6.57. The predicted octanol–water partition coefficient (Wildman–Crippen LogP) is 3.15. The number of nitrogens with one attached hydrogen (secondary N) is 1. The molecule has 4 heteroatoms. The Morgan fingerprint density at radius 3 is 2.29 bits per heavy atom. The van der Waals surface area contributed by atoms with Crippen LogP contribution in [0.3, 0.4) is 0 Å². The zero-order valence-corrected chi connectivity index (χ0v) is 14.7. The van der Waals surface area contributed by atoms with Gasteiger partial charge in [-0.1, -0.05) is 0 Å². The van der Waals surface area contributed by atoms with Crippen molar-refractivity contribution in [3.8, 4) is 11.5 Å². The van der Waals surface area contributed by atoms with Crippen molar-refractivity contribution >= 4 is 0 Å². The van der Waals surface area contributed by atoms with Crippen LogP contribution in [-0.2, 0) is 0 Å². The van der Waals surface area contributed by atoms with Crippen LogP contribution < -0.4 is 14.8 Å². The zero-order valence-electron chi connectivity index (χ0n) is 14.7. The highest BCUT2D eigenvalue weighted by molar-refractivity contribution is 5.41. The van der Waals surface area contributed by atoms with E-state index in [-0.39, 0.29) is 0 Å². The molecule has 0 heterocycles. The topological polar surface area (TPSA) is 50.7 Å². The molecule has 24 heavy (non-hydrogen) atoms. The first-order chi connectivity index (χ1) is 11.7. The highest BCUT2D eigenvalue weighted by atomic mass is 16.5. The Hall–Kier alpha value is -1.26. The number of rotatable bonds is 6. The molecule has 4 bridgehead atoms. The fourth-order valence-corrected chi connectivity index (χ4v) is 5.72. The SMILES string of the molecule is COc1ccc(OC)c(C(O)CNC2C3CC4CC(C3)CC2C4)c1. The van der Waals surface area contributed by atoms with Gasteiger partial charge in [-0.2, -0.15) is 0 Å². The predicted molar refractivity (Wildman–Crippen MR) is 93.3 cm³/mol. The lowest BCUT2D eigenvalue weighted by atomic mass is 9.54. The summed E-state index contributed by atoms with van der Waals surface area (Å²) in [5.41, 5.74) is 0.799. The highest BCUT2D eigenvalue weighted by Gasteiger charge is 2.47. The van der Waals surface area contributed by atoms with E-state index in [2.05, 4.69) is 5.32 Å². The summed E-state index contributed by atoms with van der Waals surface area (Å²) < 4.78 is 10.7. The van der Waals surface area contributed by atoms with E-state index in [9.17, 15) is 5.11 Å². The molecule has 0 aromatic heterocycles. The molecule has 0 aliphatic heterocycles. The molecule has 4 nitrogen and oxygen atoms in total. The minimum Gasteiger partial charge on any atom is -0.497 e. The van der Waals surface area contributed by atoms with Crippen LogP contribution in [0.15, 0.2) is 18.2 Å². The maximum absolute atomic E-state index is 10.7. The summed E-state index contributed by atoms with van der Waals surface area (Å²) in [7, 11) is 3.29. The first-order valence-electron chi connectivity index (χ1n) is 9.31. The van der Waals surface area contributed by atoms with Crippen molar-refractivity contribution in [2.24, 2.45) is 23.7 Å². The van der Waals surface area contributed by atoms with Gasteiger partial charge in [0.15, 0.2) is 0 Å². The number of hydrogen-bond acceptors (Lipinski definition) is 4. The lowest BCUT2D eigenvalue weighted by molar-refractivity contribution is -0.0174. The summed E-state index contributed by atoms with van der Waals surface area (Å²) in [6, 6.07) is 6.19. The smallest absolute Gasteiger partial charge is 0.124 e. The third kappa shape index (κ3) is 2.91. The Kier molecular flexibility index (Phi) is 4.44.